The molecule has 0 aliphatic heterocycles. The van der Waals surface area contributed by atoms with Crippen LogP contribution in [0.3, 0.4) is 0 Å². The second-order valence-electron chi connectivity index (χ2n) is 3.24. The molecule has 0 aliphatic carbocycles. The molecule has 0 atom stereocenters. The van der Waals surface area contributed by atoms with Crippen molar-refractivity contribution in [3.63, 3.8) is 0 Å². The van der Waals surface area contributed by atoms with Crippen LogP contribution in [0.15, 0.2) is 40.4 Å². The molecule has 0 spiro atoms. The van der Waals surface area contributed by atoms with E-state index >= 15 is 0 Å². The normalized spacial score (nSPS) is 10.3. The number of nitro groups is 1. The monoisotopic (exact) mass is 282 g/mol. The first-order valence-electron chi connectivity index (χ1n) is 4.76. The van der Waals surface area contributed by atoms with Crippen LogP contribution in [0.2, 0.25) is 5.02 Å². The van der Waals surface area contributed by atoms with Gasteiger partial charge in [0.15, 0.2) is 5.03 Å². The van der Waals surface area contributed by atoms with Gasteiger partial charge in [-0.2, -0.15) is 4.98 Å². The van der Waals surface area contributed by atoms with Crippen molar-refractivity contribution in [1.29, 1.82) is 0 Å². The predicted molar refractivity (Wildman–Crippen MR) is 68.7 cm³/mol. The van der Waals surface area contributed by atoms with Gasteiger partial charge in [0.1, 0.15) is 6.20 Å². The fraction of sp³-hybridized carbons (Fsp3) is 0. The summed E-state index contributed by atoms with van der Waals surface area (Å²) in [5.41, 5.74) is 5.24. The first-order chi connectivity index (χ1) is 8.56. The van der Waals surface area contributed by atoms with Crippen molar-refractivity contribution >= 4 is 35.0 Å². The van der Waals surface area contributed by atoms with Crippen molar-refractivity contribution in [2.75, 3.05) is 5.73 Å². The molecule has 1 aromatic carbocycles. The maximum Gasteiger partial charge on any atom is 0.320 e. The molecule has 0 bridgehead atoms. The van der Waals surface area contributed by atoms with Gasteiger partial charge in [0, 0.05) is 9.92 Å². The van der Waals surface area contributed by atoms with E-state index in [0.717, 1.165) is 22.9 Å². The van der Waals surface area contributed by atoms with Crippen molar-refractivity contribution in [3.05, 3.63) is 45.6 Å². The summed E-state index contributed by atoms with van der Waals surface area (Å²) < 4.78 is 0. The minimum atomic E-state index is -0.549. The molecule has 2 N–H and O–H groups in total. The summed E-state index contributed by atoms with van der Waals surface area (Å²) in [6, 6.07) is 6.93. The molecule has 1 heterocycles. The predicted octanol–water partition coefficient (Wildman–Crippen LogP) is 2.77. The van der Waals surface area contributed by atoms with Gasteiger partial charge in [-0.1, -0.05) is 29.4 Å². The zero-order valence-electron chi connectivity index (χ0n) is 8.91. The minimum absolute atomic E-state index is 0.00914. The van der Waals surface area contributed by atoms with E-state index in [-0.39, 0.29) is 16.7 Å². The summed E-state index contributed by atoms with van der Waals surface area (Å²) in [5, 5.41) is 11.6. The second kappa shape index (κ2) is 5.19. The average molecular weight is 283 g/mol. The Morgan fingerprint density at radius 2 is 2.22 bits per heavy atom. The van der Waals surface area contributed by atoms with Crippen LogP contribution >= 0.6 is 23.4 Å². The highest BCUT2D eigenvalue weighted by Gasteiger charge is 2.17. The Hall–Kier alpha value is -1.86. The quantitative estimate of drug-likeness (QED) is 0.528. The second-order valence-corrected chi connectivity index (χ2v) is 4.73. The molecule has 0 amide bonds. The lowest BCUT2D eigenvalue weighted by atomic mass is 10.4. The summed E-state index contributed by atoms with van der Waals surface area (Å²) in [4.78, 5) is 18.5. The van der Waals surface area contributed by atoms with Crippen LogP contribution in [0.1, 0.15) is 0 Å². The van der Waals surface area contributed by atoms with Crippen molar-refractivity contribution in [2.45, 2.75) is 9.92 Å². The molecule has 0 saturated heterocycles. The molecular weight excluding hydrogens is 276 g/mol. The number of nitrogens with two attached hydrogens (primary N) is 1. The third-order valence-electron chi connectivity index (χ3n) is 1.96. The van der Waals surface area contributed by atoms with Crippen molar-refractivity contribution < 1.29 is 4.92 Å². The number of benzene rings is 1. The van der Waals surface area contributed by atoms with E-state index in [2.05, 4.69) is 9.97 Å². The Bertz CT molecular complexity index is 608. The summed E-state index contributed by atoms with van der Waals surface area (Å²) in [6.45, 7) is 0. The lowest BCUT2D eigenvalue weighted by molar-refractivity contribution is -0.388. The van der Waals surface area contributed by atoms with Crippen LogP contribution in [0, 0.1) is 10.1 Å². The van der Waals surface area contributed by atoms with Gasteiger partial charge < -0.3 is 5.73 Å². The SMILES string of the molecule is Nc1ncc([N+](=O)[O-])c(Sc2cccc(Cl)c2)n1. The third kappa shape index (κ3) is 2.88. The lowest BCUT2D eigenvalue weighted by Gasteiger charge is -2.02. The number of hydrogen-bond acceptors (Lipinski definition) is 6. The van der Waals surface area contributed by atoms with E-state index in [9.17, 15) is 10.1 Å². The highest BCUT2D eigenvalue weighted by molar-refractivity contribution is 7.99. The Labute approximate surface area is 111 Å². The summed E-state index contributed by atoms with van der Waals surface area (Å²) in [6.07, 6.45) is 1.09. The van der Waals surface area contributed by atoms with Crippen molar-refractivity contribution in [2.24, 2.45) is 0 Å². The molecule has 1 aromatic heterocycles. The number of rotatable bonds is 3. The third-order valence-corrected chi connectivity index (χ3v) is 3.18. The van der Waals surface area contributed by atoms with E-state index in [1.54, 1.807) is 24.3 Å². The molecule has 18 heavy (non-hydrogen) atoms. The number of hydrogen-bond donors (Lipinski definition) is 1. The summed E-state index contributed by atoms with van der Waals surface area (Å²) >= 11 is 6.95. The molecule has 0 radical (unpaired) electrons. The van der Waals surface area contributed by atoms with Crippen LogP contribution in [0.4, 0.5) is 11.6 Å². The van der Waals surface area contributed by atoms with Gasteiger partial charge in [0.2, 0.25) is 5.95 Å². The van der Waals surface area contributed by atoms with Gasteiger partial charge >= 0.3 is 5.69 Å². The van der Waals surface area contributed by atoms with Gasteiger partial charge in [0.05, 0.1) is 4.92 Å². The Morgan fingerprint density at radius 1 is 1.44 bits per heavy atom. The molecule has 0 aliphatic rings. The Balaban J connectivity index is 2.39. The van der Waals surface area contributed by atoms with E-state index in [0.29, 0.717) is 5.02 Å². The zero-order chi connectivity index (χ0) is 13.1. The maximum atomic E-state index is 10.8. The molecule has 92 valence electrons. The van der Waals surface area contributed by atoms with Gasteiger partial charge in [-0.05, 0) is 18.2 Å². The van der Waals surface area contributed by atoms with Gasteiger partial charge in [-0.3, -0.25) is 10.1 Å². The minimum Gasteiger partial charge on any atom is -0.368 e. The summed E-state index contributed by atoms with van der Waals surface area (Å²) in [7, 11) is 0. The Kier molecular flexibility index (Phi) is 3.63. The van der Waals surface area contributed by atoms with Gasteiger partial charge in [-0.15, -0.1) is 0 Å². The van der Waals surface area contributed by atoms with Gasteiger partial charge in [-0.25, -0.2) is 4.98 Å². The highest BCUT2D eigenvalue weighted by atomic mass is 35.5. The first-order valence-corrected chi connectivity index (χ1v) is 5.96. The topological polar surface area (TPSA) is 94.9 Å². The fourth-order valence-electron chi connectivity index (χ4n) is 1.22. The van der Waals surface area contributed by atoms with E-state index in [1.165, 1.54) is 0 Å². The molecule has 2 rings (SSSR count). The lowest BCUT2D eigenvalue weighted by Crippen LogP contribution is -2.00. The highest BCUT2D eigenvalue weighted by Crippen LogP contribution is 2.33. The smallest absolute Gasteiger partial charge is 0.320 e. The van der Waals surface area contributed by atoms with Crippen LogP contribution in [-0.2, 0) is 0 Å². The molecule has 0 unspecified atom stereocenters. The molecule has 8 heteroatoms. The standard InChI is InChI=1S/C10H7ClN4O2S/c11-6-2-1-3-7(4-6)18-9-8(15(16)17)5-13-10(12)14-9/h1-5H,(H2,12,13,14). The van der Waals surface area contributed by atoms with Crippen LogP contribution in [-0.4, -0.2) is 14.9 Å². The van der Waals surface area contributed by atoms with Crippen LogP contribution in [0.25, 0.3) is 0 Å². The first kappa shape index (κ1) is 12.6. The molecule has 6 nitrogen and oxygen atoms in total. The number of aromatic nitrogens is 2. The molecule has 0 saturated carbocycles. The van der Waals surface area contributed by atoms with E-state index < -0.39 is 4.92 Å². The van der Waals surface area contributed by atoms with Crippen molar-refractivity contribution in [3.8, 4) is 0 Å². The largest absolute Gasteiger partial charge is 0.368 e. The van der Waals surface area contributed by atoms with Gasteiger partial charge in [0.25, 0.3) is 0 Å². The average Bonchev–Trinajstić information content (AvgIpc) is 2.28. The maximum absolute atomic E-state index is 10.8. The zero-order valence-corrected chi connectivity index (χ0v) is 10.5. The molecule has 2 aromatic rings. The van der Waals surface area contributed by atoms with Crippen LogP contribution in [0.5, 0.6) is 0 Å². The molecule has 0 fully saturated rings. The van der Waals surface area contributed by atoms with E-state index in [4.69, 9.17) is 17.3 Å². The fourth-order valence-corrected chi connectivity index (χ4v) is 2.40. The number of halogens is 1. The number of nitrogens with zero attached hydrogens (tertiary/aromatic N) is 3. The van der Waals surface area contributed by atoms with Crippen LogP contribution < -0.4 is 5.73 Å². The Morgan fingerprint density at radius 3 is 2.89 bits per heavy atom. The number of anilines is 1. The number of nitrogen functional groups attached to an aromatic ring is 1. The molecular formula is C10H7ClN4O2S. The van der Waals surface area contributed by atoms with Crippen molar-refractivity contribution in [1.82, 2.24) is 9.97 Å². The summed E-state index contributed by atoms with van der Waals surface area (Å²) in [5.74, 6) is -0.00914. The van der Waals surface area contributed by atoms with E-state index in [1.807, 2.05) is 0 Å².